The Kier molecular flexibility index (Phi) is 4.11. The van der Waals surface area contributed by atoms with Gasteiger partial charge in [-0.15, -0.1) is 0 Å². The summed E-state index contributed by atoms with van der Waals surface area (Å²) in [5.74, 6) is 0.162. The molecular weight excluding hydrogens is 341 g/mol. The molecule has 0 saturated carbocycles. The third-order valence-electron chi connectivity index (χ3n) is 4.10. The molecule has 0 unspecified atom stereocenters. The second-order valence-electron chi connectivity index (χ2n) is 5.96. The highest BCUT2D eigenvalue weighted by molar-refractivity contribution is 7.51. The lowest BCUT2D eigenvalue weighted by atomic mass is 9.95. The Morgan fingerprint density at radius 2 is 2.12 bits per heavy atom. The van der Waals surface area contributed by atoms with Crippen LogP contribution in [0.4, 0.5) is 5.82 Å². The monoisotopic (exact) mass is 359 g/mol. The lowest BCUT2D eigenvalue weighted by Gasteiger charge is -2.27. The summed E-state index contributed by atoms with van der Waals surface area (Å²) in [6.45, 7) is 1.37. The van der Waals surface area contributed by atoms with Crippen LogP contribution in [0.25, 0.3) is 11.2 Å². The standard InChI is InChI=1S/C12H18N5O6P/c1-12(19)8(18)6(2-3-24(20,21)22)23-11(12)17-5-16-7-9(13)14-4-15-10(7)17/h4-6,8,11,18-19H,2-3H2,1H3,(H2,13,14,15)(H2,20,21,22)/t6-,8-,11-,12-/m1/s1. The summed E-state index contributed by atoms with van der Waals surface area (Å²) in [4.78, 5) is 29.9. The summed E-state index contributed by atoms with van der Waals surface area (Å²) in [7, 11) is -4.24. The number of aromatic nitrogens is 4. The van der Waals surface area contributed by atoms with E-state index in [2.05, 4.69) is 15.0 Å². The van der Waals surface area contributed by atoms with Crippen LogP contribution in [0.5, 0.6) is 0 Å². The van der Waals surface area contributed by atoms with Gasteiger partial charge in [-0.25, -0.2) is 15.0 Å². The first-order valence-corrected chi connectivity index (χ1v) is 8.94. The lowest BCUT2D eigenvalue weighted by Crippen LogP contribution is -2.43. The average Bonchev–Trinajstić information content (AvgIpc) is 2.99. The van der Waals surface area contributed by atoms with Crippen molar-refractivity contribution in [3.05, 3.63) is 12.7 Å². The summed E-state index contributed by atoms with van der Waals surface area (Å²) in [6.07, 6.45) is -1.32. The van der Waals surface area contributed by atoms with E-state index in [-0.39, 0.29) is 12.2 Å². The van der Waals surface area contributed by atoms with E-state index in [1.54, 1.807) is 0 Å². The van der Waals surface area contributed by atoms with Crippen molar-refractivity contribution < 1.29 is 29.3 Å². The molecule has 0 aliphatic carbocycles. The SMILES string of the molecule is C[C@@]1(O)[C@H](O)[C@@H](CCP(=O)(O)O)O[C@H]1n1cnc2c(N)ncnc21. The van der Waals surface area contributed by atoms with Gasteiger partial charge in [0.15, 0.2) is 17.7 Å². The van der Waals surface area contributed by atoms with Crippen molar-refractivity contribution in [3.8, 4) is 0 Å². The first-order valence-electron chi connectivity index (χ1n) is 7.15. The van der Waals surface area contributed by atoms with Crippen molar-refractivity contribution in [3.63, 3.8) is 0 Å². The summed E-state index contributed by atoms with van der Waals surface area (Å²) >= 11 is 0. The summed E-state index contributed by atoms with van der Waals surface area (Å²) < 4.78 is 18.1. The zero-order valence-corrected chi connectivity index (χ0v) is 13.6. The molecule has 4 atom stereocenters. The maximum absolute atomic E-state index is 11.0. The number of aliphatic hydroxyl groups is 2. The average molecular weight is 359 g/mol. The molecule has 1 aliphatic heterocycles. The van der Waals surface area contributed by atoms with Crippen LogP contribution in [0.2, 0.25) is 0 Å². The van der Waals surface area contributed by atoms with E-state index in [1.807, 2.05) is 0 Å². The van der Waals surface area contributed by atoms with Crippen molar-refractivity contribution >= 4 is 24.6 Å². The number of rotatable bonds is 4. The number of aliphatic hydroxyl groups excluding tert-OH is 1. The number of anilines is 1. The van der Waals surface area contributed by atoms with Crippen molar-refractivity contribution in [1.82, 2.24) is 19.5 Å². The maximum atomic E-state index is 11.0. The van der Waals surface area contributed by atoms with Gasteiger partial charge in [0, 0.05) is 0 Å². The quantitative estimate of drug-likeness (QED) is 0.425. The molecule has 2 aromatic heterocycles. The minimum atomic E-state index is -4.24. The van der Waals surface area contributed by atoms with Gasteiger partial charge in [-0.3, -0.25) is 9.13 Å². The molecule has 12 heteroatoms. The second kappa shape index (κ2) is 5.73. The van der Waals surface area contributed by atoms with Crippen molar-refractivity contribution in [2.45, 2.75) is 37.4 Å². The zero-order chi connectivity index (χ0) is 17.7. The summed E-state index contributed by atoms with van der Waals surface area (Å²) in [5.41, 5.74) is 4.64. The molecule has 24 heavy (non-hydrogen) atoms. The number of fused-ring (bicyclic) bond motifs is 1. The molecule has 0 amide bonds. The summed E-state index contributed by atoms with van der Waals surface area (Å²) in [5, 5.41) is 20.9. The topological polar surface area (TPSA) is 177 Å². The van der Waals surface area contributed by atoms with Gasteiger partial charge in [-0.1, -0.05) is 0 Å². The molecule has 0 aromatic carbocycles. The molecule has 0 spiro atoms. The molecule has 3 rings (SSSR count). The Balaban J connectivity index is 1.92. The fourth-order valence-electron chi connectivity index (χ4n) is 2.81. The molecule has 1 saturated heterocycles. The Hall–Kier alpha value is -1.62. The molecule has 0 bridgehead atoms. The van der Waals surface area contributed by atoms with Gasteiger partial charge in [0.05, 0.1) is 18.6 Å². The molecular formula is C12H18N5O6P. The van der Waals surface area contributed by atoms with Gasteiger partial charge in [0.2, 0.25) is 0 Å². The van der Waals surface area contributed by atoms with Crippen LogP contribution in [-0.2, 0) is 9.30 Å². The van der Waals surface area contributed by atoms with Crippen LogP contribution in [-0.4, -0.2) is 63.5 Å². The minimum Gasteiger partial charge on any atom is -0.387 e. The Bertz CT molecular complexity index is 804. The molecule has 2 aromatic rings. The van der Waals surface area contributed by atoms with Gasteiger partial charge in [-0.05, 0) is 13.3 Å². The first kappa shape index (κ1) is 17.2. The van der Waals surface area contributed by atoms with E-state index >= 15 is 0 Å². The lowest BCUT2D eigenvalue weighted by molar-refractivity contribution is -0.0940. The molecule has 132 valence electrons. The largest absolute Gasteiger partial charge is 0.387 e. The Morgan fingerprint density at radius 1 is 1.42 bits per heavy atom. The number of imidazole rings is 1. The molecule has 1 fully saturated rings. The van der Waals surface area contributed by atoms with Crippen LogP contribution in [0.1, 0.15) is 19.6 Å². The van der Waals surface area contributed by atoms with Gasteiger partial charge < -0.3 is 30.5 Å². The predicted octanol–water partition coefficient (Wildman–Crippen LogP) is -1.01. The highest BCUT2D eigenvalue weighted by Gasteiger charge is 2.53. The molecule has 0 radical (unpaired) electrons. The van der Waals surface area contributed by atoms with E-state index < -0.39 is 37.8 Å². The smallest absolute Gasteiger partial charge is 0.325 e. The van der Waals surface area contributed by atoms with Crippen LogP contribution in [0, 0.1) is 0 Å². The van der Waals surface area contributed by atoms with Gasteiger partial charge >= 0.3 is 7.60 Å². The van der Waals surface area contributed by atoms with Crippen LogP contribution < -0.4 is 5.73 Å². The molecule has 3 heterocycles. The van der Waals surface area contributed by atoms with Crippen molar-refractivity contribution in [1.29, 1.82) is 0 Å². The van der Waals surface area contributed by atoms with E-state index in [1.165, 1.54) is 24.1 Å². The number of hydrogen-bond donors (Lipinski definition) is 5. The van der Waals surface area contributed by atoms with Gasteiger partial charge in [-0.2, -0.15) is 0 Å². The predicted molar refractivity (Wildman–Crippen MR) is 81.8 cm³/mol. The number of hydrogen-bond acceptors (Lipinski definition) is 8. The van der Waals surface area contributed by atoms with E-state index in [9.17, 15) is 14.8 Å². The van der Waals surface area contributed by atoms with Gasteiger partial charge in [0.25, 0.3) is 0 Å². The van der Waals surface area contributed by atoms with Crippen molar-refractivity contribution in [2.24, 2.45) is 0 Å². The van der Waals surface area contributed by atoms with E-state index in [0.29, 0.717) is 11.2 Å². The Labute approximate surface area is 136 Å². The van der Waals surface area contributed by atoms with E-state index in [0.717, 1.165) is 0 Å². The molecule has 11 nitrogen and oxygen atoms in total. The zero-order valence-electron chi connectivity index (χ0n) is 12.7. The van der Waals surface area contributed by atoms with Gasteiger partial charge in [0.1, 0.15) is 23.5 Å². The number of nitrogens with zero attached hydrogens (tertiary/aromatic N) is 4. The second-order valence-corrected chi connectivity index (χ2v) is 7.73. The van der Waals surface area contributed by atoms with Crippen LogP contribution >= 0.6 is 7.60 Å². The number of nitrogens with two attached hydrogens (primary N) is 1. The van der Waals surface area contributed by atoms with Crippen LogP contribution in [0.15, 0.2) is 12.7 Å². The first-order chi connectivity index (χ1) is 11.1. The third-order valence-corrected chi connectivity index (χ3v) is 4.94. The molecule has 6 N–H and O–H groups in total. The normalized spacial score (nSPS) is 31.0. The maximum Gasteiger partial charge on any atom is 0.325 e. The number of nitrogen functional groups attached to an aromatic ring is 1. The highest BCUT2D eigenvalue weighted by atomic mass is 31.2. The minimum absolute atomic E-state index is 0.109. The fraction of sp³-hybridized carbons (Fsp3) is 0.583. The fourth-order valence-corrected chi connectivity index (χ4v) is 3.40. The summed E-state index contributed by atoms with van der Waals surface area (Å²) in [6, 6.07) is 0. The van der Waals surface area contributed by atoms with Crippen molar-refractivity contribution in [2.75, 3.05) is 11.9 Å². The third kappa shape index (κ3) is 2.90. The number of ether oxygens (including phenoxy) is 1. The molecule has 1 aliphatic rings. The van der Waals surface area contributed by atoms with E-state index in [4.69, 9.17) is 20.3 Å². The highest BCUT2D eigenvalue weighted by Crippen LogP contribution is 2.43. The Morgan fingerprint density at radius 3 is 2.79 bits per heavy atom. The van der Waals surface area contributed by atoms with Crippen LogP contribution in [0.3, 0.4) is 0 Å².